The maximum Gasteiger partial charge on any atom is 0.223 e. The molecule has 0 radical (unpaired) electrons. The van der Waals surface area contributed by atoms with Gasteiger partial charge in [0.1, 0.15) is 0 Å². The second-order valence-corrected chi connectivity index (χ2v) is 9.34. The van der Waals surface area contributed by atoms with Crippen LogP contribution in [0.2, 0.25) is 0 Å². The maximum atomic E-state index is 13.0. The van der Waals surface area contributed by atoms with E-state index in [0.717, 1.165) is 11.8 Å². The minimum Gasteiger partial charge on any atom is -0.389 e. The molecule has 5 aliphatic rings. The molecule has 4 aliphatic carbocycles. The predicted octanol–water partition coefficient (Wildman–Crippen LogP) is 3.28. The van der Waals surface area contributed by atoms with Crippen LogP contribution in [-0.2, 0) is 10.2 Å². The molecule has 1 heterocycles. The Morgan fingerprint density at radius 1 is 1.04 bits per heavy atom. The lowest BCUT2D eigenvalue weighted by molar-refractivity contribution is -0.148. The van der Waals surface area contributed by atoms with Gasteiger partial charge >= 0.3 is 0 Å². The van der Waals surface area contributed by atoms with Crippen molar-refractivity contribution in [3.63, 3.8) is 0 Å². The van der Waals surface area contributed by atoms with E-state index in [2.05, 4.69) is 31.2 Å². The molecule has 25 heavy (non-hydrogen) atoms. The van der Waals surface area contributed by atoms with E-state index in [1.54, 1.807) is 0 Å². The maximum absolute atomic E-state index is 13.0. The van der Waals surface area contributed by atoms with E-state index in [0.29, 0.717) is 31.3 Å². The van der Waals surface area contributed by atoms with Gasteiger partial charge in [-0.3, -0.25) is 4.79 Å². The summed E-state index contributed by atoms with van der Waals surface area (Å²) >= 11 is 0. The normalized spacial score (nSPS) is 39.5. The van der Waals surface area contributed by atoms with E-state index in [4.69, 9.17) is 0 Å². The summed E-state index contributed by atoms with van der Waals surface area (Å²) in [7, 11) is 0. The topological polar surface area (TPSA) is 40.5 Å². The number of aliphatic hydroxyl groups is 1. The van der Waals surface area contributed by atoms with Crippen molar-refractivity contribution in [3.8, 4) is 0 Å². The van der Waals surface area contributed by atoms with Gasteiger partial charge in [0.25, 0.3) is 0 Å². The van der Waals surface area contributed by atoms with Crippen molar-refractivity contribution in [2.75, 3.05) is 13.1 Å². The summed E-state index contributed by atoms with van der Waals surface area (Å²) in [5.74, 6) is 3.41. The molecule has 134 valence electrons. The highest BCUT2D eigenvalue weighted by atomic mass is 16.3. The minimum absolute atomic E-state index is 0.0404. The first-order chi connectivity index (χ1) is 12.0. The summed E-state index contributed by atoms with van der Waals surface area (Å²) in [6.07, 6.45) is 7.04. The summed E-state index contributed by atoms with van der Waals surface area (Å²) in [5, 5.41) is 9.59. The molecule has 3 heteroatoms. The van der Waals surface area contributed by atoms with Crippen molar-refractivity contribution in [3.05, 3.63) is 35.4 Å². The summed E-state index contributed by atoms with van der Waals surface area (Å²) in [6.45, 7) is 3.20. The van der Waals surface area contributed by atoms with E-state index in [9.17, 15) is 9.90 Å². The first kappa shape index (κ1) is 15.9. The van der Waals surface area contributed by atoms with Crippen LogP contribution >= 0.6 is 0 Å². The Hall–Kier alpha value is -1.35. The predicted molar refractivity (Wildman–Crippen MR) is 97.1 cm³/mol. The lowest BCUT2D eigenvalue weighted by atomic mass is 9.43. The lowest BCUT2D eigenvalue weighted by Gasteiger charge is -2.62. The molecule has 0 aromatic heterocycles. The van der Waals surface area contributed by atoms with Gasteiger partial charge in [-0.2, -0.15) is 0 Å². The Kier molecular flexibility index (Phi) is 3.54. The largest absolute Gasteiger partial charge is 0.389 e. The fourth-order valence-corrected chi connectivity index (χ4v) is 6.77. The second-order valence-electron chi connectivity index (χ2n) is 9.34. The number of aliphatic hydroxyl groups excluding tert-OH is 1. The third-order valence-corrected chi connectivity index (χ3v) is 7.84. The van der Waals surface area contributed by atoms with Crippen LogP contribution in [0.4, 0.5) is 0 Å². The molecule has 4 bridgehead atoms. The van der Waals surface area contributed by atoms with E-state index in [-0.39, 0.29) is 17.4 Å². The van der Waals surface area contributed by atoms with Gasteiger partial charge in [-0.15, -0.1) is 0 Å². The van der Waals surface area contributed by atoms with E-state index < -0.39 is 0 Å². The fraction of sp³-hybridized carbons (Fsp3) is 0.682. The van der Waals surface area contributed by atoms with Gasteiger partial charge in [-0.1, -0.05) is 29.8 Å². The fourth-order valence-electron chi connectivity index (χ4n) is 6.77. The Morgan fingerprint density at radius 2 is 1.60 bits per heavy atom. The summed E-state index contributed by atoms with van der Waals surface area (Å²) < 4.78 is 0. The van der Waals surface area contributed by atoms with Crippen molar-refractivity contribution in [2.45, 2.75) is 57.0 Å². The summed E-state index contributed by atoms with van der Waals surface area (Å²) in [6, 6.07) is 9.05. The van der Waals surface area contributed by atoms with Crippen LogP contribution in [-0.4, -0.2) is 35.1 Å². The Balaban J connectivity index is 1.52. The SMILES string of the molecule is Cc1ccc(C2(CC(=O)N3CC(O)C3)C3CC4CC(C3)CC2C4)cc1. The number of likely N-dealkylation sites (tertiary alicyclic amines) is 1. The zero-order chi connectivity index (χ0) is 17.2. The van der Waals surface area contributed by atoms with Crippen LogP contribution in [0, 0.1) is 30.6 Å². The number of carbonyl (C=O) groups is 1. The highest BCUT2D eigenvalue weighted by molar-refractivity contribution is 5.79. The van der Waals surface area contributed by atoms with Crippen molar-refractivity contribution in [2.24, 2.45) is 23.7 Å². The Morgan fingerprint density at radius 3 is 2.12 bits per heavy atom. The van der Waals surface area contributed by atoms with Crippen molar-refractivity contribution in [1.82, 2.24) is 4.90 Å². The van der Waals surface area contributed by atoms with E-state index in [1.165, 1.54) is 43.2 Å². The second kappa shape index (κ2) is 5.57. The van der Waals surface area contributed by atoms with Gasteiger partial charge in [-0.25, -0.2) is 0 Å². The van der Waals surface area contributed by atoms with Crippen LogP contribution in [0.5, 0.6) is 0 Å². The molecule has 6 rings (SSSR count). The monoisotopic (exact) mass is 339 g/mol. The summed E-state index contributed by atoms with van der Waals surface area (Å²) in [5.41, 5.74) is 2.74. The molecule has 1 saturated heterocycles. The number of benzene rings is 1. The number of amides is 1. The van der Waals surface area contributed by atoms with Gasteiger partial charge in [0.2, 0.25) is 5.91 Å². The number of hydrogen-bond donors (Lipinski definition) is 1. The van der Waals surface area contributed by atoms with Gasteiger partial charge in [0, 0.05) is 24.9 Å². The van der Waals surface area contributed by atoms with Crippen LogP contribution in [0.1, 0.15) is 49.7 Å². The quantitative estimate of drug-likeness (QED) is 0.918. The Bertz CT molecular complexity index is 646. The van der Waals surface area contributed by atoms with Gasteiger partial charge in [0.15, 0.2) is 0 Å². The molecule has 3 nitrogen and oxygen atoms in total. The van der Waals surface area contributed by atoms with E-state index >= 15 is 0 Å². The standard InChI is InChI=1S/C22H29NO2/c1-14-2-4-17(5-3-14)22(11-21(25)23-12-20(24)13-23)18-7-15-6-16(9-18)10-19(22)8-15/h2-5,15-16,18-20,24H,6-13H2,1H3. The van der Waals surface area contributed by atoms with Crippen LogP contribution in [0.25, 0.3) is 0 Å². The Labute approximate surface area is 150 Å². The summed E-state index contributed by atoms with van der Waals surface area (Å²) in [4.78, 5) is 14.9. The average molecular weight is 339 g/mol. The van der Waals surface area contributed by atoms with E-state index in [1.807, 2.05) is 4.90 Å². The molecule has 1 amide bonds. The smallest absolute Gasteiger partial charge is 0.223 e. The van der Waals surface area contributed by atoms with Crippen molar-refractivity contribution < 1.29 is 9.90 Å². The molecule has 4 saturated carbocycles. The van der Waals surface area contributed by atoms with Gasteiger partial charge < -0.3 is 10.0 Å². The molecule has 1 aliphatic heterocycles. The number of hydrogen-bond acceptors (Lipinski definition) is 2. The number of carbonyl (C=O) groups excluding carboxylic acids is 1. The first-order valence-corrected chi connectivity index (χ1v) is 10.1. The van der Waals surface area contributed by atoms with Crippen LogP contribution < -0.4 is 0 Å². The molecular weight excluding hydrogens is 310 g/mol. The van der Waals surface area contributed by atoms with Crippen molar-refractivity contribution >= 4 is 5.91 Å². The number of nitrogens with zero attached hydrogens (tertiary/aromatic N) is 1. The third kappa shape index (κ3) is 2.38. The third-order valence-electron chi connectivity index (χ3n) is 7.84. The number of β-amino-alcohol motifs (C(OH)–C–C–N with tert-alkyl or cyclic N) is 1. The lowest BCUT2D eigenvalue weighted by Crippen LogP contribution is -2.60. The highest BCUT2D eigenvalue weighted by Crippen LogP contribution is 2.64. The molecule has 0 spiro atoms. The number of rotatable bonds is 3. The van der Waals surface area contributed by atoms with Crippen LogP contribution in [0.3, 0.4) is 0 Å². The molecule has 5 fully saturated rings. The molecular formula is C22H29NO2. The van der Waals surface area contributed by atoms with Gasteiger partial charge in [0.05, 0.1) is 6.10 Å². The van der Waals surface area contributed by atoms with Crippen LogP contribution in [0.15, 0.2) is 24.3 Å². The van der Waals surface area contributed by atoms with Crippen molar-refractivity contribution in [1.29, 1.82) is 0 Å². The zero-order valence-electron chi connectivity index (χ0n) is 15.2. The van der Waals surface area contributed by atoms with Gasteiger partial charge in [-0.05, 0) is 68.3 Å². The molecule has 0 atom stereocenters. The molecule has 1 aromatic carbocycles. The minimum atomic E-state index is -0.308. The molecule has 1 aromatic rings. The zero-order valence-corrected chi connectivity index (χ0v) is 15.2. The first-order valence-electron chi connectivity index (χ1n) is 10.1. The highest BCUT2D eigenvalue weighted by Gasteiger charge is 2.58. The average Bonchev–Trinajstić information content (AvgIpc) is 2.55. The molecule has 1 N–H and O–H groups in total. The number of aryl methyl sites for hydroxylation is 1. The molecule has 0 unspecified atom stereocenters.